The Morgan fingerprint density at radius 1 is 1.13 bits per heavy atom. The Labute approximate surface area is 179 Å². The molecule has 0 fully saturated rings. The molecule has 0 aliphatic heterocycles. The minimum Gasteiger partial charge on any atom is -0.483 e. The van der Waals surface area contributed by atoms with Crippen molar-refractivity contribution in [3.8, 4) is 17.0 Å². The van der Waals surface area contributed by atoms with Crippen LogP contribution in [-0.4, -0.2) is 32.2 Å². The van der Waals surface area contributed by atoms with Crippen LogP contribution in [0.1, 0.15) is 5.56 Å². The van der Waals surface area contributed by atoms with Crippen molar-refractivity contribution in [2.75, 3.05) is 22.9 Å². The second-order valence-electron chi connectivity index (χ2n) is 6.32. The van der Waals surface area contributed by atoms with Gasteiger partial charge in [-0.15, -0.1) is 11.3 Å². The van der Waals surface area contributed by atoms with Crippen LogP contribution in [0.5, 0.6) is 5.75 Å². The summed E-state index contributed by atoms with van der Waals surface area (Å²) in [6, 6.07) is 11.1. The van der Waals surface area contributed by atoms with E-state index in [0.29, 0.717) is 16.9 Å². The highest BCUT2D eigenvalue weighted by molar-refractivity contribution is 7.92. The molecule has 0 aliphatic rings. The number of nitrogens with one attached hydrogen (secondary N) is 2. The summed E-state index contributed by atoms with van der Waals surface area (Å²) in [4.78, 5) is 16.3. The number of aromatic nitrogens is 1. The highest BCUT2D eigenvalue weighted by atomic mass is 32.2. The molecule has 3 aromatic rings. The van der Waals surface area contributed by atoms with Gasteiger partial charge in [-0.25, -0.2) is 13.4 Å². The third-order valence-corrected chi connectivity index (χ3v) is 5.15. The summed E-state index contributed by atoms with van der Waals surface area (Å²) in [5.41, 5.74) is 0.653. The summed E-state index contributed by atoms with van der Waals surface area (Å²) < 4.78 is 68.8. The van der Waals surface area contributed by atoms with Crippen LogP contribution >= 0.6 is 11.3 Å². The summed E-state index contributed by atoms with van der Waals surface area (Å²) in [6.07, 6.45) is -3.55. The summed E-state index contributed by atoms with van der Waals surface area (Å²) in [6.45, 7) is -0.617. The highest BCUT2D eigenvalue weighted by Gasteiger charge is 2.34. The van der Waals surface area contributed by atoms with Crippen LogP contribution in [0.4, 0.5) is 24.0 Å². The molecule has 0 bridgehead atoms. The van der Waals surface area contributed by atoms with Crippen LogP contribution in [0.15, 0.2) is 53.9 Å². The first-order valence-electron chi connectivity index (χ1n) is 8.64. The second kappa shape index (κ2) is 8.94. The van der Waals surface area contributed by atoms with Gasteiger partial charge in [0, 0.05) is 16.6 Å². The van der Waals surface area contributed by atoms with Crippen molar-refractivity contribution in [1.82, 2.24) is 4.98 Å². The zero-order valence-corrected chi connectivity index (χ0v) is 17.6. The van der Waals surface area contributed by atoms with Crippen LogP contribution in [0, 0.1) is 0 Å². The van der Waals surface area contributed by atoms with Crippen molar-refractivity contribution in [2.24, 2.45) is 0 Å². The molecule has 0 unspecified atom stereocenters. The average Bonchev–Trinajstić information content (AvgIpc) is 3.13. The van der Waals surface area contributed by atoms with Gasteiger partial charge in [-0.1, -0.05) is 24.3 Å². The first-order valence-corrected chi connectivity index (χ1v) is 11.4. The Kier molecular flexibility index (Phi) is 6.51. The fourth-order valence-corrected chi connectivity index (χ4v) is 3.81. The number of hydrogen-bond acceptors (Lipinski definition) is 6. The van der Waals surface area contributed by atoms with E-state index < -0.39 is 40.0 Å². The predicted molar refractivity (Wildman–Crippen MR) is 112 cm³/mol. The first-order chi connectivity index (χ1) is 14.5. The summed E-state index contributed by atoms with van der Waals surface area (Å²) in [7, 11) is -3.39. The van der Waals surface area contributed by atoms with E-state index in [9.17, 15) is 26.4 Å². The molecule has 0 aliphatic carbocycles. The fourth-order valence-electron chi connectivity index (χ4n) is 2.51. The molecule has 7 nitrogen and oxygen atoms in total. The number of amides is 1. The van der Waals surface area contributed by atoms with Gasteiger partial charge in [0.1, 0.15) is 5.75 Å². The van der Waals surface area contributed by atoms with E-state index in [2.05, 4.69) is 15.0 Å². The van der Waals surface area contributed by atoms with Gasteiger partial charge in [-0.05, 0) is 24.3 Å². The maximum atomic E-state index is 13.0. The number of nitrogens with zero attached hydrogens (tertiary/aromatic N) is 1. The van der Waals surface area contributed by atoms with Crippen LogP contribution < -0.4 is 14.8 Å². The van der Waals surface area contributed by atoms with Crippen molar-refractivity contribution >= 4 is 38.1 Å². The lowest BCUT2D eigenvalue weighted by Gasteiger charge is -2.13. The van der Waals surface area contributed by atoms with Crippen LogP contribution in [0.25, 0.3) is 11.3 Å². The molecule has 0 saturated heterocycles. The topological polar surface area (TPSA) is 97.4 Å². The molecule has 2 N–H and O–H groups in total. The molecular formula is C19H16F3N3O4S2. The van der Waals surface area contributed by atoms with E-state index in [1.54, 1.807) is 29.6 Å². The van der Waals surface area contributed by atoms with Gasteiger partial charge < -0.3 is 4.74 Å². The molecule has 0 radical (unpaired) electrons. The number of anilines is 2. The van der Waals surface area contributed by atoms with Crippen molar-refractivity contribution < 1.29 is 31.1 Å². The molecule has 2 aromatic carbocycles. The number of sulfonamides is 1. The fraction of sp³-hybridized carbons (Fsp3) is 0.158. The molecule has 12 heteroatoms. The van der Waals surface area contributed by atoms with E-state index in [1.165, 1.54) is 12.1 Å². The molecule has 1 aromatic heterocycles. The van der Waals surface area contributed by atoms with E-state index in [0.717, 1.165) is 29.7 Å². The number of para-hydroxylation sites is 1. The van der Waals surface area contributed by atoms with Gasteiger partial charge in [0.25, 0.3) is 5.91 Å². The number of carbonyl (C=O) groups is 1. The molecule has 0 atom stereocenters. The van der Waals surface area contributed by atoms with Crippen LogP contribution in [0.3, 0.4) is 0 Å². The number of halogens is 3. The molecule has 3 rings (SSSR count). The number of rotatable bonds is 7. The number of alkyl halides is 3. The van der Waals surface area contributed by atoms with Crippen molar-refractivity contribution in [2.45, 2.75) is 6.18 Å². The van der Waals surface area contributed by atoms with Crippen LogP contribution in [0.2, 0.25) is 0 Å². The lowest BCUT2D eigenvalue weighted by Crippen LogP contribution is -2.21. The summed E-state index contributed by atoms with van der Waals surface area (Å²) >= 11 is 1.13. The second-order valence-corrected chi connectivity index (χ2v) is 8.93. The Morgan fingerprint density at radius 3 is 2.45 bits per heavy atom. The minimum absolute atomic E-state index is 0.242. The summed E-state index contributed by atoms with van der Waals surface area (Å²) in [5.74, 6) is -1.10. The maximum absolute atomic E-state index is 13.0. The first kappa shape index (κ1) is 22.6. The number of carbonyl (C=O) groups excluding carboxylic acids is 1. The number of thiazole rings is 1. The van der Waals surface area contributed by atoms with Gasteiger partial charge in [0.2, 0.25) is 10.0 Å². The summed E-state index contributed by atoms with van der Waals surface area (Å²) in [5, 5.41) is 4.39. The number of ether oxygens (including phenoxy) is 1. The lowest BCUT2D eigenvalue weighted by molar-refractivity contribution is -0.139. The third-order valence-electron chi connectivity index (χ3n) is 3.79. The largest absolute Gasteiger partial charge is 0.483 e. The SMILES string of the molecule is CS(=O)(=O)Nc1ccc(-c2csc(NC(=O)COc3ccccc3C(F)(F)F)n2)cc1. The molecule has 164 valence electrons. The van der Waals surface area contributed by atoms with Gasteiger partial charge in [0.05, 0.1) is 17.5 Å². The molecule has 0 saturated carbocycles. The Bertz CT molecular complexity index is 1180. The van der Waals surface area contributed by atoms with Crippen molar-refractivity contribution in [3.63, 3.8) is 0 Å². The highest BCUT2D eigenvalue weighted by Crippen LogP contribution is 2.35. The van der Waals surface area contributed by atoms with Gasteiger partial charge in [-0.2, -0.15) is 13.2 Å². The van der Waals surface area contributed by atoms with Gasteiger partial charge >= 0.3 is 6.18 Å². The van der Waals surface area contributed by atoms with Gasteiger partial charge in [-0.3, -0.25) is 14.8 Å². The molecular weight excluding hydrogens is 455 g/mol. The predicted octanol–water partition coefficient (Wildman–Crippen LogP) is 4.22. The molecule has 0 spiro atoms. The Balaban J connectivity index is 1.61. The third kappa shape index (κ3) is 6.43. The quantitative estimate of drug-likeness (QED) is 0.538. The van der Waals surface area contributed by atoms with Gasteiger partial charge in [0.15, 0.2) is 11.7 Å². The number of hydrogen-bond donors (Lipinski definition) is 2. The molecule has 1 amide bonds. The van der Waals surface area contributed by atoms with E-state index in [-0.39, 0.29) is 5.13 Å². The van der Waals surface area contributed by atoms with E-state index >= 15 is 0 Å². The monoisotopic (exact) mass is 471 g/mol. The van der Waals surface area contributed by atoms with E-state index in [4.69, 9.17) is 4.74 Å². The Morgan fingerprint density at radius 2 is 1.81 bits per heavy atom. The average molecular weight is 471 g/mol. The standard InChI is InChI=1S/C19H16F3N3O4S2/c1-31(27,28)25-13-8-6-12(7-9-13)15-11-30-18(23-15)24-17(26)10-29-16-5-3-2-4-14(16)19(20,21)22/h2-9,11,25H,10H2,1H3,(H,23,24,26). The maximum Gasteiger partial charge on any atom is 0.419 e. The number of benzene rings is 2. The molecule has 31 heavy (non-hydrogen) atoms. The van der Waals surface area contributed by atoms with Crippen LogP contribution in [-0.2, 0) is 21.0 Å². The normalized spacial score (nSPS) is 11.7. The van der Waals surface area contributed by atoms with Crippen molar-refractivity contribution in [1.29, 1.82) is 0 Å². The van der Waals surface area contributed by atoms with Crippen molar-refractivity contribution in [3.05, 3.63) is 59.5 Å². The zero-order valence-electron chi connectivity index (χ0n) is 15.9. The van der Waals surface area contributed by atoms with E-state index in [1.807, 2.05) is 0 Å². The smallest absolute Gasteiger partial charge is 0.419 e. The lowest BCUT2D eigenvalue weighted by atomic mass is 10.1. The Hall–Kier alpha value is -3.12. The zero-order chi connectivity index (χ0) is 22.6. The molecule has 1 heterocycles. The minimum atomic E-state index is -4.59.